The van der Waals surface area contributed by atoms with Gasteiger partial charge in [-0.2, -0.15) is 0 Å². The minimum Gasteiger partial charge on any atom is -0.497 e. The highest BCUT2D eigenvalue weighted by atomic mass is 16.6. The molecule has 1 fully saturated rings. The van der Waals surface area contributed by atoms with Gasteiger partial charge >= 0.3 is 6.09 Å². The van der Waals surface area contributed by atoms with Crippen LogP contribution in [0.5, 0.6) is 5.75 Å². The number of rotatable bonds is 3. The molecule has 0 spiro atoms. The molecule has 0 aliphatic carbocycles. The zero-order valence-electron chi connectivity index (χ0n) is 13.4. The fourth-order valence-electron chi connectivity index (χ4n) is 1.37. The molecule has 1 aliphatic rings. The van der Waals surface area contributed by atoms with Gasteiger partial charge in [-0.1, -0.05) is 17.7 Å². The van der Waals surface area contributed by atoms with Gasteiger partial charge in [0.1, 0.15) is 11.4 Å². The first-order valence-electron chi connectivity index (χ1n) is 6.99. The molecule has 1 atom stereocenters. The number of hydrogen-bond acceptors (Lipinski definition) is 4. The Kier molecular flexibility index (Phi) is 6.49. The Hall–Kier alpha value is -1.75. The summed E-state index contributed by atoms with van der Waals surface area (Å²) < 4.78 is 14.9. The average molecular weight is 295 g/mol. The minimum absolute atomic E-state index is 0.206. The van der Waals surface area contributed by atoms with Crippen LogP contribution in [0.3, 0.4) is 0 Å². The van der Waals surface area contributed by atoms with Crippen molar-refractivity contribution in [2.24, 2.45) is 0 Å². The van der Waals surface area contributed by atoms with Gasteiger partial charge in [-0.25, -0.2) is 4.79 Å². The zero-order chi connectivity index (χ0) is 15.9. The van der Waals surface area contributed by atoms with Gasteiger partial charge in [0.05, 0.1) is 19.8 Å². The molecule has 1 saturated heterocycles. The zero-order valence-corrected chi connectivity index (χ0v) is 13.4. The summed E-state index contributed by atoms with van der Waals surface area (Å²) in [5.74, 6) is 0.917. The van der Waals surface area contributed by atoms with Crippen molar-refractivity contribution in [2.75, 3.05) is 20.3 Å². The van der Waals surface area contributed by atoms with Gasteiger partial charge in [-0.05, 0) is 39.8 Å². The van der Waals surface area contributed by atoms with Crippen molar-refractivity contribution in [1.29, 1.82) is 0 Å². The normalized spacial score (nSPS) is 16.3. The van der Waals surface area contributed by atoms with E-state index < -0.39 is 5.60 Å². The molecule has 21 heavy (non-hydrogen) atoms. The van der Waals surface area contributed by atoms with Gasteiger partial charge in [0.25, 0.3) is 0 Å². The molecule has 1 aliphatic heterocycles. The largest absolute Gasteiger partial charge is 0.497 e. The van der Waals surface area contributed by atoms with E-state index in [1.165, 1.54) is 5.56 Å². The van der Waals surface area contributed by atoms with Crippen molar-refractivity contribution in [1.82, 2.24) is 5.32 Å². The van der Waals surface area contributed by atoms with Crippen LogP contribution in [-0.4, -0.2) is 38.1 Å². The molecule has 1 amide bonds. The summed E-state index contributed by atoms with van der Waals surface area (Å²) in [6.45, 7) is 8.85. The van der Waals surface area contributed by atoms with Gasteiger partial charge < -0.3 is 19.5 Å². The van der Waals surface area contributed by atoms with Crippen molar-refractivity contribution in [3.05, 3.63) is 29.8 Å². The van der Waals surface area contributed by atoms with E-state index in [0.29, 0.717) is 6.54 Å². The third kappa shape index (κ3) is 8.92. The Labute approximate surface area is 126 Å². The Balaban J connectivity index is 0.000000219. The topological polar surface area (TPSA) is 60.1 Å². The number of benzene rings is 1. The second-order valence-electron chi connectivity index (χ2n) is 5.86. The van der Waals surface area contributed by atoms with Crippen LogP contribution in [0.25, 0.3) is 0 Å². The number of carbonyl (C=O) groups excluding carboxylic acids is 1. The van der Waals surface area contributed by atoms with E-state index in [4.69, 9.17) is 14.2 Å². The fraction of sp³-hybridized carbons (Fsp3) is 0.562. The van der Waals surface area contributed by atoms with E-state index in [9.17, 15) is 4.79 Å². The highest BCUT2D eigenvalue weighted by Crippen LogP contribution is 2.10. The summed E-state index contributed by atoms with van der Waals surface area (Å²) >= 11 is 0. The molecule has 0 radical (unpaired) electrons. The van der Waals surface area contributed by atoms with Crippen LogP contribution >= 0.6 is 0 Å². The van der Waals surface area contributed by atoms with Crippen LogP contribution < -0.4 is 10.1 Å². The minimum atomic E-state index is -0.422. The Morgan fingerprint density at radius 3 is 2.33 bits per heavy atom. The average Bonchev–Trinajstić information content (AvgIpc) is 3.20. The van der Waals surface area contributed by atoms with Crippen molar-refractivity contribution >= 4 is 6.09 Å². The number of methoxy groups -OCH3 is 1. The van der Waals surface area contributed by atoms with Gasteiger partial charge in [0.15, 0.2) is 0 Å². The summed E-state index contributed by atoms with van der Waals surface area (Å²) in [5.41, 5.74) is 0.838. The van der Waals surface area contributed by atoms with Gasteiger partial charge in [-0.15, -0.1) is 0 Å². The number of hydrogen-bond donors (Lipinski definition) is 1. The molecule has 1 N–H and O–H groups in total. The molecular weight excluding hydrogens is 270 g/mol. The standard InChI is InChI=1S/C8H15NO3.C8H10O/c1-8(2,3)12-7(10)9-4-6-5-11-6;1-7-3-5-8(9-2)6-4-7/h6H,4-5H2,1-3H3,(H,9,10);3-6H,1-2H3. The number of aryl methyl sites for hydroxylation is 1. The lowest BCUT2D eigenvalue weighted by molar-refractivity contribution is 0.0524. The van der Waals surface area contributed by atoms with E-state index in [1.54, 1.807) is 7.11 Å². The summed E-state index contributed by atoms with van der Waals surface area (Å²) in [6, 6.07) is 7.96. The van der Waals surface area contributed by atoms with Crippen LogP contribution in [0.4, 0.5) is 4.79 Å². The van der Waals surface area contributed by atoms with Crippen molar-refractivity contribution < 1.29 is 19.0 Å². The van der Waals surface area contributed by atoms with E-state index in [-0.39, 0.29) is 12.2 Å². The maximum Gasteiger partial charge on any atom is 0.407 e. The van der Waals surface area contributed by atoms with Crippen molar-refractivity contribution in [3.63, 3.8) is 0 Å². The van der Waals surface area contributed by atoms with Crippen molar-refractivity contribution in [3.8, 4) is 5.75 Å². The summed E-state index contributed by atoms with van der Waals surface area (Å²) in [5, 5.41) is 2.61. The summed E-state index contributed by atoms with van der Waals surface area (Å²) in [4.78, 5) is 11.0. The molecule has 0 saturated carbocycles. The Morgan fingerprint density at radius 2 is 1.90 bits per heavy atom. The first-order valence-corrected chi connectivity index (χ1v) is 6.99. The van der Waals surface area contributed by atoms with Crippen LogP contribution in [0.15, 0.2) is 24.3 Å². The molecule has 1 aromatic carbocycles. The van der Waals surface area contributed by atoms with Gasteiger partial charge in [0, 0.05) is 6.54 Å². The number of ether oxygens (including phenoxy) is 3. The highest BCUT2D eigenvalue weighted by molar-refractivity contribution is 5.67. The van der Waals surface area contributed by atoms with Gasteiger partial charge in [-0.3, -0.25) is 0 Å². The van der Waals surface area contributed by atoms with E-state index in [2.05, 4.69) is 12.2 Å². The molecular formula is C16H25NO4. The lowest BCUT2D eigenvalue weighted by Crippen LogP contribution is -2.34. The predicted octanol–water partition coefficient (Wildman–Crippen LogP) is 2.91. The van der Waals surface area contributed by atoms with Crippen LogP contribution in [0.1, 0.15) is 26.3 Å². The summed E-state index contributed by atoms with van der Waals surface area (Å²) in [7, 11) is 1.67. The maximum atomic E-state index is 11.0. The van der Waals surface area contributed by atoms with Crippen LogP contribution in [0, 0.1) is 6.92 Å². The molecule has 118 valence electrons. The first kappa shape index (κ1) is 17.3. The molecule has 2 rings (SSSR count). The van der Waals surface area contributed by atoms with E-state index >= 15 is 0 Å². The molecule has 5 heteroatoms. The second-order valence-corrected chi connectivity index (χ2v) is 5.86. The van der Waals surface area contributed by atoms with E-state index in [1.807, 2.05) is 45.0 Å². The quantitative estimate of drug-likeness (QED) is 0.871. The number of carbonyl (C=O) groups is 1. The van der Waals surface area contributed by atoms with Crippen LogP contribution in [0.2, 0.25) is 0 Å². The molecule has 0 aromatic heterocycles. The molecule has 0 bridgehead atoms. The predicted molar refractivity (Wildman–Crippen MR) is 81.7 cm³/mol. The molecule has 5 nitrogen and oxygen atoms in total. The number of alkyl carbamates (subject to hydrolysis) is 1. The number of epoxide rings is 1. The Morgan fingerprint density at radius 1 is 1.33 bits per heavy atom. The second kappa shape index (κ2) is 7.88. The Bertz CT molecular complexity index is 433. The third-order valence-corrected chi connectivity index (χ3v) is 2.53. The molecule has 1 aromatic rings. The maximum absolute atomic E-state index is 11.0. The molecule has 1 unspecified atom stereocenters. The van der Waals surface area contributed by atoms with Crippen molar-refractivity contribution in [2.45, 2.75) is 39.4 Å². The number of amides is 1. The lowest BCUT2D eigenvalue weighted by atomic mass is 10.2. The highest BCUT2D eigenvalue weighted by Gasteiger charge is 2.24. The van der Waals surface area contributed by atoms with E-state index in [0.717, 1.165) is 12.4 Å². The smallest absolute Gasteiger partial charge is 0.407 e. The SMILES string of the molecule is CC(C)(C)OC(=O)NCC1CO1.COc1ccc(C)cc1. The number of nitrogens with one attached hydrogen (secondary N) is 1. The fourth-order valence-corrected chi connectivity index (χ4v) is 1.37. The van der Waals surface area contributed by atoms with Crippen LogP contribution in [-0.2, 0) is 9.47 Å². The monoisotopic (exact) mass is 295 g/mol. The lowest BCUT2D eigenvalue weighted by Gasteiger charge is -2.19. The first-order chi connectivity index (χ1) is 9.80. The van der Waals surface area contributed by atoms with Gasteiger partial charge in [0.2, 0.25) is 0 Å². The summed E-state index contributed by atoms with van der Waals surface area (Å²) in [6.07, 6.45) is -0.171. The molecule has 1 heterocycles. The third-order valence-electron chi connectivity index (χ3n) is 2.53.